The van der Waals surface area contributed by atoms with Crippen molar-refractivity contribution in [3.05, 3.63) is 70.5 Å². The van der Waals surface area contributed by atoms with Crippen molar-refractivity contribution in [2.75, 3.05) is 11.1 Å². The molecule has 1 heterocycles. The minimum atomic E-state index is -1.80. The first-order chi connectivity index (χ1) is 15.7. The minimum Gasteiger partial charge on any atom is -0.382 e. The van der Waals surface area contributed by atoms with Gasteiger partial charge in [0.05, 0.1) is 16.9 Å². The molecule has 8 nitrogen and oxygen atoms in total. The Bertz CT molecular complexity index is 1230. The molecule has 3 aromatic rings. The summed E-state index contributed by atoms with van der Waals surface area (Å²) >= 11 is 6.34. The summed E-state index contributed by atoms with van der Waals surface area (Å²) in [5, 5.41) is 15.5. The number of rotatable bonds is 6. The van der Waals surface area contributed by atoms with Gasteiger partial charge in [-0.05, 0) is 48.7 Å². The molecule has 11 heteroatoms. The number of carbonyl (C=O) groups is 2. The number of benzene rings is 2. The Morgan fingerprint density at radius 2 is 1.85 bits per heavy atom. The molecule has 1 fully saturated rings. The van der Waals surface area contributed by atoms with Crippen LogP contribution in [0, 0.1) is 11.6 Å². The minimum absolute atomic E-state index is 0.0142. The molecule has 170 valence electrons. The van der Waals surface area contributed by atoms with Crippen LogP contribution in [0.15, 0.2) is 42.6 Å². The van der Waals surface area contributed by atoms with Crippen LogP contribution in [0.1, 0.15) is 35.0 Å². The lowest BCUT2D eigenvalue weighted by Crippen LogP contribution is -2.27. The molecular formula is C22H18ClF2N5O3. The van der Waals surface area contributed by atoms with E-state index in [-0.39, 0.29) is 33.8 Å². The molecule has 1 aliphatic carbocycles. The molecule has 0 spiro atoms. The standard InChI is InChI=1S/C22H18ClF2N5O3/c23-16-8-14(29-22(33)19(31)10-5-11(24)7-12(25)6-10)3-4-15(16)17-9-27-20(26)18(30-17)21(32)28-13-1-2-13/h3-9,13,19,31H,1-2H2,(H2,26,27)(H,28,32)(H,29,33)/t19-/m1/s1. The van der Waals surface area contributed by atoms with Crippen LogP contribution in [0.5, 0.6) is 0 Å². The van der Waals surface area contributed by atoms with E-state index in [1.54, 1.807) is 0 Å². The van der Waals surface area contributed by atoms with E-state index in [0.717, 1.165) is 25.0 Å². The maximum Gasteiger partial charge on any atom is 0.273 e. The van der Waals surface area contributed by atoms with Gasteiger partial charge in [0.15, 0.2) is 17.6 Å². The molecule has 0 radical (unpaired) electrons. The fraction of sp³-hybridized carbons (Fsp3) is 0.182. The highest BCUT2D eigenvalue weighted by atomic mass is 35.5. The summed E-state index contributed by atoms with van der Waals surface area (Å²) in [6, 6.07) is 6.89. The number of hydrogen-bond acceptors (Lipinski definition) is 6. The van der Waals surface area contributed by atoms with Crippen LogP contribution < -0.4 is 16.4 Å². The van der Waals surface area contributed by atoms with Crippen LogP contribution in [0.2, 0.25) is 5.02 Å². The Morgan fingerprint density at radius 1 is 1.15 bits per heavy atom. The summed E-state index contributed by atoms with van der Waals surface area (Å²) in [6.45, 7) is 0. The van der Waals surface area contributed by atoms with Crippen molar-refractivity contribution in [1.82, 2.24) is 15.3 Å². The van der Waals surface area contributed by atoms with E-state index in [1.165, 1.54) is 24.4 Å². The molecule has 0 aliphatic heterocycles. The number of aromatic nitrogens is 2. The largest absolute Gasteiger partial charge is 0.382 e. The lowest BCUT2D eigenvalue weighted by molar-refractivity contribution is -0.124. The first-order valence-electron chi connectivity index (χ1n) is 9.89. The molecule has 1 aliphatic rings. The predicted molar refractivity (Wildman–Crippen MR) is 117 cm³/mol. The second kappa shape index (κ2) is 9.08. The molecular weight excluding hydrogens is 456 g/mol. The van der Waals surface area contributed by atoms with Crippen molar-refractivity contribution in [3.63, 3.8) is 0 Å². The summed E-state index contributed by atoms with van der Waals surface area (Å²) in [4.78, 5) is 33.0. The van der Waals surface area contributed by atoms with Gasteiger partial charge in [-0.25, -0.2) is 18.7 Å². The first kappa shape index (κ1) is 22.6. The number of carbonyl (C=O) groups excluding carboxylic acids is 2. The van der Waals surface area contributed by atoms with Crippen molar-refractivity contribution in [2.24, 2.45) is 0 Å². The van der Waals surface area contributed by atoms with Gasteiger partial charge in [-0.3, -0.25) is 9.59 Å². The van der Waals surface area contributed by atoms with Crippen LogP contribution in [0.3, 0.4) is 0 Å². The number of amides is 2. The number of halogens is 3. The smallest absolute Gasteiger partial charge is 0.273 e. The normalized spacial score (nSPS) is 13.9. The SMILES string of the molecule is Nc1ncc(-c2ccc(NC(=O)[C@H](O)c3cc(F)cc(F)c3)cc2Cl)nc1C(=O)NC1CC1. The van der Waals surface area contributed by atoms with Crippen LogP contribution >= 0.6 is 11.6 Å². The number of aliphatic hydroxyl groups is 1. The van der Waals surface area contributed by atoms with E-state index in [9.17, 15) is 23.5 Å². The van der Waals surface area contributed by atoms with Crippen LogP contribution in [-0.2, 0) is 4.79 Å². The third-order valence-electron chi connectivity index (χ3n) is 4.89. The molecule has 2 aromatic carbocycles. The third kappa shape index (κ3) is 5.24. The van der Waals surface area contributed by atoms with Crippen molar-refractivity contribution in [1.29, 1.82) is 0 Å². The lowest BCUT2D eigenvalue weighted by Gasteiger charge is -2.13. The van der Waals surface area contributed by atoms with Crippen LogP contribution in [0.25, 0.3) is 11.3 Å². The zero-order valence-electron chi connectivity index (χ0n) is 17.0. The Hall–Kier alpha value is -3.63. The summed E-state index contributed by atoms with van der Waals surface area (Å²) in [5.74, 6) is -3.18. The number of aliphatic hydroxyl groups excluding tert-OH is 1. The predicted octanol–water partition coefficient (Wildman–Crippen LogP) is 3.22. The van der Waals surface area contributed by atoms with Gasteiger partial charge in [0.1, 0.15) is 11.6 Å². The van der Waals surface area contributed by atoms with Gasteiger partial charge in [-0.15, -0.1) is 0 Å². The molecule has 0 unspecified atom stereocenters. The van der Waals surface area contributed by atoms with E-state index >= 15 is 0 Å². The molecule has 5 N–H and O–H groups in total. The Morgan fingerprint density at radius 3 is 2.48 bits per heavy atom. The summed E-state index contributed by atoms with van der Waals surface area (Å²) in [6.07, 6.45) is 1.37. The molecule has 2 amide bonds. The van der Waals surface area contributed by atoms with E-state index in [1.807, 2.05) is 0 Å². The Balaban J connectivity index is 1.52. The van der Waals surface area contributed by atoms with E-state index < -0.39 is 29.6 Å². The number of nitrogen functional groups attached to an aromatic ring is 1. The molecule has 33 heavy (non-hydrogen) atoms. The van der Waals surface area contributed by atoms with Crippen molar-refractivity contribution >= 4 is 34.9 Å². The van der Waals surface area contributed by atoms with Crippen LogP contribution in [0.4, 0.5) is 20.3 Å². The molecule has 4 rings (SSSR count). The number of anilines is 2. The van der Waals surface area contributed by atoms with Gasteiger partial charge in [-0.1, -0.05) is 11.6 Å². The quantitative estimate of drug-likeness (QED) is 0.435. The molecule has 0 saturated heterocycles. The first-order valence-corrected chi connectivity index (χ1v) is 10.3. The number of nitrogens with zero attached hydrogens (tertiary/aromatic N) is 2. The molecule has 1 aromatic heterocycles. The van der Waals surface area contributed by atoms with Crippen molar-refractivity contribution in [3.8, 4) is 11.3 Å². The topological polar surface area (TPSA) is 130 Å². The maximum atomic E-state index is 13.4. The van der Waals surface area contributed by atoms with E-state index in [0.29, 0.717) is 17.3 Å². The molecule has 1 atom stereocenters. The van der Waals surface area contributed by atoms with Gasteiger partial charge in [0.25, 0.3) is 11.8 Å². The fourth-order valence-electron chi connectivity index (χ4n) is 3.07. The highest BCUT2D eigenvalue weighted by Gasteiger charge is 2.26. The highest BCUT2D eigenvalue weighted by molar-refractivity contribution is 6.33. The maximum absolute atomic E-state index is 13.4. The molecule has 0 bridgehead atoms. The highest BCUT2D eigenvalue weighted by Crippen LogP contribution is 2.30. The summed E-state index contributed by atoms with van der Waals surface area (Å²) < 4.78 is 26.7. The lowest BCUT2D eigenvalue weighted by atomic mass is 10.1. The average Bonchev–Trinajstić information content (AvgIpc) is 3.57. The zero-order valence-corrected chi connectivity index (χ0v) is 17.7. The van der Waals surface area contributed by atoms with Gasteiger partial charge < -0.3 is 21.5 Å². The Labute approximate surface area is 191 Å². The average molecular weight is 474 g/mol. The van der Waals surface area contributed by atoms with E-state index in [2.05, 4.69) is 20.6 Å². The molecule has 1 saturated carbocycles. The second-order valence-corrected chi connectivity index (χ2v) is 7.93. The zero-order chi connectivity index (χ0) is 23.7. The van der Waals surface area contributed by atoms with Crippen molar-refractivity contribution in [2.45, 2.75) is 25.0 Å². The number of hydrogen-bond donors (Lipinski definition) is 4. The fourth-order valence-corrected chi connectivity index (χ4v) is 3.35. The monoisotopic (exact) mass is 473 g/mol. The number of nitrogens with one attached hydrogen (secondary N) is 2. The van der Waals surface area contributed by atoms with Gasteiger partial charge in [0.2, 0.25) is 0 Å². The van der Waals surface area contributed by atoms with E-state index in [4.69, 9.17) is 17.3 Å². The van der Waals surface area contributed by atoms with Gasteiger partial charge >= 0.3 is 0 Å². The number of nitrogens with two attached hydrogens (primary N) is 1. The summed E-state index contributed by atoms with van der Waals surface area (Å²) in [7, 11) is 0. The second-order valence-electron chi connectivity index (χ2n) is 7.53. The van der Waals surface area contributed by atoms with Crippen molar-refractivity contribution < 1.29 is 23.5 Å². The Kier molecular flexibility index (Phi) is 6.21. The van der Waals surface area contributed by atoms with Gasteiger partial charge in [-0.2, -0.15) is 0 Å². The van der Waals surface area contributed by atoms with Crippen LogP contribution in [-0.4, -0.2) is 32.9 Å². The third-order valence-corrected chi connectivity index (χ3v) is 5.20. The van der Waals surface area contributed by atoms with Gasteiger partial charge in [0, 0.05) is 23.4 Å². The summed E-state index contributed by atoms with van der Waals surface area (Å²) in [5.41, 5.74) is 6.48.